The highest BCUT2D eigenvalue weighted by molar-refractivity contribution is 8.02. The van der Waals surface area contributed by atoms with E-state index in [4.69, 9.17) is 9.47 Å². The number of rotatable bonds is 8. The predicted octanol–water partition coefficient (Wildman–Crippen LogP) is 3.11. The topological polar surface area (TPSA) is 85.4 Å². The number of amides is 1. The number of hydrogen-bond donors (Lipinski definition) is 2. The quantitative estimate of drug-likeness (QED) is 0.693. The summed E-state index contributed by atoms with van der Waals surface area (Å²) >= 11 is 2.81. The Morgan fingerprint density at radius 1 is 1.29 bits per heavy atom. The van der Waals surface area contributed by atoms with Crippen molar-refractivity contribution in [3.05, 3.63) is 18.2 Å². The lowest BCUT2D eigenvalue weighted by Crippen LogP contribution is -2.22. The number of methoxy groups -OCH3 is 2. The van der Waals surface area contributed by atoms with Crippen molar-refractivity contribution in [3.63, 3.8) is 0 Å². The van der Waals surface area contributed by atoms with E-state index in [0.717, 1.165) is 16.0 Å². The Labute approximate surface area is 149 Å². The van der Waals surface area contributed by atoms with E-state index in [2.05, 4.69) is 20.8 Å². The number of nitrogens with zero attached hydrogens (tertiary/aromatic N) is 2. The molecule has 0 aliphatic rings. The second kappa shape index (κ2) is 8.74. The Balaban J connectivity index is 1.97. The predicted molar refractivity (Wildman–Crippen MR) is 97.6 cm³/mol. The fourth-order valence-electron chi connectivity index (χ4n) is 1.84. The Morgan fingerprint density at radius 2 is 2.04 bits per heavy atom. The van der Waals surface area contributed by atoms with E-state index < -0.39 is 0 Å². The summed E-state index contributed by atoms with van der Waals surface area (Å²) in [6.45, 7) is 4.61. The van der Waals surface area contributed by atoms with Crippen LogP contribution in [0.3, 0.4) is 0 Å². The van der Waals surface area contributed by atoms with Gasteiger partial charge >= 0.3 is 0 Å². The molecule has 0 aliphatic carbocycles. The van der Waals surface area contributed by atoms with Crippen molar-refractivity contribution in [2.45, 2.75) is 23.4 Å². The Bertz CT molecular complexity index is 693. The highest BCUT2D eigenvalue weighted by Crippen LogP contribution is 2.31. The molecule has 130 valence electrons. The first kappa shape index (κ1) is 18.3. The maximum Gasteiger partial charge on any atom is 0.237 e. The zero-order chi connectivity index (χ0) is 17.5. The first-order valence-electron chi connectivity index (χ1n) is 7.34. The summed E-state index contributed by atoms with van der Waals surface area (Å²) in [6, 6.07) is 5.24. The summed E-state index contributed by atoms with van der Waals surface area (Å²) < 4.78 is 11.2. The van der Waals surface area contributed by atoms with Crippen LogP contribution < -0.4 is 20.1 Å². The average molecular weight is 368 g/mol. The third kappa shape index (κ3) is 4.75. The number of ether oxygens (including phenoxy) is 2. The molecule has 7 nitrogen and oxygen atoms in total. The molecule has 1 heterocycles. The molecule has 1 amide bonds. The van der Waals surface area contributed by atoms with Crippen LogP contribution in [0.4, 0.5) is 10.8 Å². The van der Waals surface area contributed by atoms with Crippen molar-refractivity contribution in [1.82, 2.24) is 10.2 Å². The lowest BCUT2D eigenvalue weighted by molar-refractivity contribution is -0.115. The van der Waals surface area contributed by atoms with Gasteiger partial charge in [0.2, 0.25) is 11.0 Å². The Morgan fingerprint density at radius 3 is 2.71 bits per heavy atom. The van der Waals surface area contributed by atoms with Crippen LogP contribution in [0.2, 0.25) is 0 Å². The maximum absolute atomic E-state index is 12.3. The van der Waals surface area contributed by atoms with E-state index in [1.54, 1.807) is 32.4 Å². The molecule has 0 bridgehead atoms. The van der Waals surface area contributed by atoms with E-state index in [9.17, 15) is 4.79 Å². The number of hydrogen-bond acceptors (Lipinski definition) is 8. The van der Waals surface area contributed by atoms with Gasteiger partial charge in [0.25, 0.3) is 0 Å². The third-order valence-corrected chi connectivity index (χ3v) is 5.10. The molecule has 0 saturated heterocycles. The zero-order valence-electron chi connectivity index (χ0n) is 14.0. The summed E-state index contributed by atoms with van der Waals surface area (Å²) in [5.41, 5.74) is 0.649. The van der Waals surface area contributed by atoms with Crippen LogP contribution in [0, 0.1) is 0 Å². The fourth-order valence-corrected chi connectivity index (χ4v) is 3.81. The summed E-state index contributed by atoms with van der Waals surface area (Å²) in [7, 11) is 3.12. The smallest absolute Gasteiger partial charge is 0.237 e. The molecule has 0 spiro atoms. The minimum Gasteiger partial charge on any atom is -0.493 e. The lowest BCUT2D eigenvalue weighted by atomic mass is 10.2. The SMILES string of the molecule is CCNc1nnc(S[C@@H](C)C(=O)Nc2ccc(OC)c(OC)c2)s1. The number of benzene rings is 1. The van der Waals surface area contributed by atoms with Gasteiger partial charge in [-0.3, -0.25) is 4.79 Å². The molecular formula is C15H20N4O3S2. The molecule has 9 heteroatoms. The third-order valence-electron chi connectivity index (χ3n) is 3.03. The van der Waals surface area contributed by atoms with Crippen molar-refractivity contribution in [3.8, 4) is 11.5 Å². The largest absolute Gasteiger partial charge is 0.493 e. The number of carbonyl (C=O) groups is 1. The van der Waals surface area contributed by atoms with Crippen LogP contribution in [-0.2, 0) is 4.79 Å². The number of aromatic nitrogens is 2. The van der Waals surface area contributed by atoms with Gasteiger partial charge in [0.05, 0.1) is 19.5 Å². The van der Waals surface area contributed by atoms with Crippen molar-refractivity contribution in [2.75, 3.05) is 31.4 Å². The molecule has 1 aromatic carbocycles. The molecule has 0 saturated carbocycles. The van der Waals surface area contributed by atoms with Crippen LogP contribution >= 0.6 is 23.1 Å². The molecule has 0 radical (unpaired) electrons. The molecule has 2 N–H and O–H groups in total. The maximum atomic E-state index is 12.3. The van der Waals surface area contributed by atoms with Gasteiger partial charge in [-0.15, -0.1) is 10.2 Å². The molecule has 0 fully saturated rings. The van der Waals surface area contributed by atoms with E-state index in [1.165, 1.54) is 23.1 Å². The second-order valence-corrected chi connectivity index (χ2v) is 7.29. The molecule has 0 aliphatic heterocycles. The van der Waals surface area contributed by atoms with Crippen molar-refractivity contribution < 1.29 is 14.3 Å². The molecular weight excluding hydrogens is 348 g/mol. The highest BCUT2D eigenvalue weighted by atomic mass is 32.2. The van der Waals surface area contributed by atoms with Gasteiger partial charge in [0.1, 0.15) is 0 Å². The normalized spacial score (nSPS) is 11.7. The molecule has 24 heavy (non-hydrogen) atoms. The summed E-state index contributed by atoms with van der Waals surface area (Å²) in [5.74, 6) is 1.06. The molecule has 1 atom stereocenters. The van der Waals surface area contributed by atoms with Gasteiger partial charge in [0, 0.05) is 18.3 Å². The van der Waals surface area contributed by atoms with Gasteiger partial charge in [-0.25, -0.2) is 0 Å². The van der Waals surface area contributed by atoms with Gasteiger partial charge < -0.3 is 20.1 Å². The van der Waals surface area contributed by atoms with Gasteiger partial charge in [-0.1, -0.05) is 23.1 Å². The molecule has 0 unspecified atom stereocenters. The fraction of sp³-hybridized carbons (Fsp3) is 0.400. The van der Waals surface area contributed by atoms with Crippen LogP contribution in [-0.4, -0.2) is 42.1 Å². The van der Waals surface area contributed by atoms with Crippen LogP contribution in [0.1, 0.15) is 13.8 Å². The van der Waals surface area contributed by atoms with E-state index in [-0.39, 0.29) is 11.2 Å². The van der Waals surface area contributed by atoms with Crippen LogP contribution in [0.5, 0.6) is 11.5 Å². The van der Waals surface area contributed by atoms with Crippen molar-refractivity contribution >= 4 is 39.8 Å². The number of thioether (sulfide) groups is 1. The monoisotopic (exact) mass is 368 g/mol. The number of carbonyl (C=O) groups excluding carboxylic acids is 1. The first-order valence-corrected chi connectivity index (χ1v) is 9.04. The number of anilines is 2. The first-order chi connectivity index (χ1) is 11.6. The van der Waals surface area contributed by atoms with Crippen molar-refractivity contribution in [2.24, 2.45) is 0 Å². The summed E-state index contributed by atoms with van der Waals surface area (Å²) in [6.07, 6.45) is 0. The minimum absolute atomic E-state index is 0.118. The minimum atomic E-state index is -0.305. The molecule has 2 rings (SSSR count). The van der Waals surface area contributed by atoms with Gasteiger partial charge in [-0.2, -0.15) is 0 Å². The lowest BCUT2D eigenvalue weighted by Gasteiger charge is -2.13. The standard InChI is InChI=1S/C15H20N4O3S2/c1-5-16-14-18-19-15(24-14)23-9(2)13(20)17-10-6-7-11(21-3)12(8-10)22-4/h6-9H,5H2,1-4H3,(H,16,18)(H,17,20)/t9-/m0/s1. The van der Waals surface area contributed by atoms with Crippen LogP contribution in [0.15, 0.2) is 22.5 Å². The molecule has 1 aromatic heterocycles. The van der Waals surface area contributed by atoms with Gasteiger partial charge in [-0.05, 0) is 26.0 Å². The Kier molecular flexibility index (Phi) is 6.68. The second-order valence-electron chi connectivity index (χ2n) is 4.72. The molecule has 2 aromatic rings. The Hall–Kier alpha value is -2.00. The average Bonchev–Trinajstić information content (AvgIpc) is 3.02. The van der Waals surface area contributed by atoms with E-state index in [1.807, 2.05) is 13.8 Å². The number of nitrogens with one attached hydrogen (secondary N) is 2. The summed E-state index contributed by atoms with van der Waals surface area (Å²) in [5, 5.41) is 14.5. The van der Waals surface area contributed by atoms with E-state index in [0.29, 0.717) is 17.2 Å². The zero-order valence-corrected chi connectivity index (χ0v) is 15.6. The van der Waals surface area contributed by atoms with Gasteiger partial charge in [0.15, 0.2) is 15.8 Å². The van der Waals surface area contributed by atoms with E-state index >= 15 is 0 Å². The van der Waals surface area contributed by atoms with Crippen molar-refractivity contribution in [1.29, 1.82) is 0 Å². The highest BCUT2D eigenvalue weighted by Gasteiger charge is 2.18. The summed E-state index contributed by atoms with van der Waals surface area (Å²) in [4.78, 5) is 12.3. The van der Waals surface area contributed by atoms with Crippen LogP contribution in [0.25, 0.3) is 0 Å².